The zero-order chi connectivity index (χ0) is 18.0. The lowest BCUT2D eigenvalue weighted by Gasteiger charge is -2.22. The summed E-state index contributed by atoms with van der Waals surface area (Å²) in [5.74, 6) is -0.441. The van der Waals surface area contributed by atoms with Crippen LogP contribution in [0.15, 0.2) is 54.6 Å². The molecule has 1 aliphatic heterocycles. The zero-order valence-corrected chi connectivity index (χ0v) is 14.8. The Bertz CT molecular complexity index is 828. The van der Waals surface area contributed by atoms with E-state index in [0.29, 0.717) is 16.3 Å². The summed E-state index contributed by atoms with van der Waals surface area (Å²) in [6.45, 7) is 1.65. The SMILES string of the molecule is C[C@]1(c2ccccc2)NC(=O)N(NC(=S)Nc2ccc(Cl)cc2)C1=O. The summed E-state index contributed by atoms with van der Waals surface area (Å²) in [7, 11) is 0. The van der Waals surface area contributed by atoms with Crippen LogP contribution in [0.25, 0.3) is 0 Å². The van der Waals surface area contributed by atoms with Crippen molar-refractivity contribution in [2.75, 3.05) is 5.32 Å². The lowest BCUT2D eigenvalue weighted by atomic mass is 9.92. The molecule has 2 aromatic rings. The Morgan fingerprint density at radius 1 is 1.12 bits per heavy atom. The maximum atomic E-state index is 12.7. The van der Waals surface area contributed by atoms with Gasteiger partial charge in [-0.3, -0.25) is 10.2 Å². The number of carbonyl (C=O) groups excluding carboxylic acids is 2. The van der Waals surface area contributed by atoms with Crippen LogP contribution >= 0.6 is 23.8 Å². The number of nitrogens with one attached hydrogen (secondary N) is 3. The van der Waals surface area contributed by atoms with Gasteiger partial charge in [-0.2, -0.15) is 5.01 Å². The van der Waals surface area contributed by atoms with E-state index in [2.05, 4.69) is 16.1 Å². The number of hydrazine groups is 1. The van der Waals surface area contributed by atoms with Crippen LogP contribution in [-0.2, 0) is 10.3 Å². The number of thiocarbonyl (C=S) groups is 1. The van der Waals surface area contributed by atoms with Crippen LogP contribution in [0, 0.1) is 0 Å². The van der Waals surface area contributed by atoms with E-state index in [0.717, 1.165) is 5.01 Å². The summed E-state index contributed by atoms with van der Waals surface area (Å²) in [5, 5.41) is 7.17. The third-order valence-corrected chi connectivity index (χ3v) is 4.30. The average molecular weight is 375 g/mol. The molecule has 128 valence electrons. The highest BCUT2D eigenvalue weighted by Gasteiger charge is 2.49. The molecule has 25 heavy (non-hydrogen) atoms. The molecule has 1 atom stereocenters. The number of amides is 3. The van der Waals surface area contributed by atoms with Gasteiger partial charge in [-0.1, -0.05) is 41.9 Å². The minimum absolute atomic E-state index is 0.114. The standard InChI is InChI=1S/C17H15ClN4O2S/c1-17(11-5-3-2-4-6-11)14(23)22(16(24)20-17)21-15(25)19-13-9-7-12(18)8-10-13/h2-10H,1H3,(H,20,24)(H2,19,21,25)/t17-/m1/s1. The van der Waals surface area contributed by atoms with Crippen molar-refractivity contribution in [3.05, 3.63) is 65.2 Å². The first-order valence-corrected chi connectivity index (χ1v) is 8.24. The maximum Gasteiger partial charge on any atom is 0.344 e. The summed E-state index contributed by atoms with van der Waals surface area (Å²) in [6, 6.07) is 15.3. The van der Waals surface area contributed by atoms with Crippen LogP contribution in [0.3, 0.4) is 0 Å². The van der Waals surface area contributed by atoms with Gasteiger partial charge in [-0.25, -0.2) is 4.79 Å². The number of imide groups is 1. The molecule has 3 amide bonds. The van der Waals surface area contributed by atoms with Crippen molar-refractivity contribution in [1.82, 2.24) is 15.8 Å². The third-order valence-electron chi connectivity index (χ3n) is 3.86. The van der Waals surface area contributed by atoms with Crippen molar-refractivity contribution >= 4 is 46.6 Å². The number of benzene rings is 2. The van der Waals surface area contributed by atoms with Gasteiger partial charge in [0.2, 0.25) is 0 Å². The predicted octanol–water partition coefficient (Wildman–Crippen LogP) is 3.01. The fourth-order valence-corrected chi connectivity index (χ4v) is 2.84. The molecule has 0 aromatic heterocycles. The molecule has 3 N–H and O–H groups in total. The van der Waals surface area contributed by atoms with E-state index in [1.807, 2.05) is 18.2 Å². The molecular weight excluding hydrogens is 360 g/mol. The lowest BCUT2D eigenvalue weighted by molar-refractivity contribution is -0.132. The van der Waals surface area contributed by atoms with Crippen molar-refractivity contribution in [3.8, 4) is 0 Å². The second kappa shape index (κ2) is 6.70. The predicted molar refractivity (Wildman–Crippen MR) is 100.0 cm³/mol. The summed E-state index contributed by atoms with van der Waals surface area (Å²) in [5.41, 5.74) is 2.84. The summed E-state index contributed by atoms with van der Waals surface area (Å²) < 4.78 is 0. The molecule has 0 radical (unpaired) electrons. The molecule has 0 saturated carbocycles. The third kappa shape index (κ3) is 3.42. The van der Waals surface area contributed by atoms with E-state index in [4.69, 9.17) is 23.8 Å². The number of halogens is 1. The van der Waals surface area contributed by atoms with Crippen molar-refractivity contribution in [1.29, 1.82) is 0 Å². The molecule has 8 heteroatoms. The Morgan fingerprint density at radius 2 is 1.76 bits per heavy atom. The first-order valence-electron chi connectivity index (χ1n) is 7.45. The highest BCUT2D eigenvalue weighted by atomic mass is 35.5. The number of anilines is 1. The molecule has 1 fully saturated rings. The monoisotopic (exact) mass is 374 g/mol. The van der Waals surface area contributed by atoms with Gasteiger partial charge >= 0.3 is 6.03 Å². The Balaban J connectivity index is 1.72. The van der Waals surface area contributed by atoms with Gasteiger partial charge < -0.3 is 10.6 Å². The molecule has 0 bridgehead atoms. The van der Waals surface area contributed by atoms with Gasteiger partial charge in [0, 0.05) is 10.7 Å². The van der Waals surface area contributed by atoms with Gasteiger partial charge in [0.1, 0.15) is 5.54 Å². The molecule has 2 aromatic carbocycles. The number of nitrogens with zero attached hydrogens (tertiary/aromatic N) is 1. The fraction of sp³-hybridized carbons (Fsp3) is 0.118. The number of rotatable bonds is 3. The van der Waals surface area contributed by atoms with Gasteiger partial charge in [-0.05, 0) is 49.0 Å². The molecule has 3 rings (SSSR count). The largest absolute Gasteiger partial charge is 0.344 e. The first-order chi connectivity index (χ1) is 11.9. The van der Waals surface area contributed by atoms with Crippen LogP contribution in [0.1, 0.15) is 12.5 Å². The van der Waals surface area contributed by atoms with Crippen LogP contribution in [0.5, 0.6) is 0 Å². The Kier molecular flexibility index (Phi) is 4.61. The number of hydrogen-bond acceptors (Lipinski definition) is 3. The van der Waals surface area contributed by atoms with Gasteiger partial charge in [0.25, 0.3) is 5.91 Å². The smallest absolute Gasteiger partial charge is 0.331 e. The maximum absolute atomic E-state index is 12.7. The average Bonchev–Trinajstić information content (AvgIpc) is 2.82. The molecular formula is C17H15ClN4O2S. The van der Waals surface area contributed by atoms with Crippen LogP contribution in [-0.4, -0.2) is 22.1 Å². The van der Waals surface area contributed by atoms with Gasteiger partial charge in [0.15, 0.2) is 5.11 Å². The molecule has 1 heterocycles. The molecule has 0 unspecified atom stereocenters. The Hall–Kier alpha value is -2.64. The second-order valence-corrected chi connectivity index (χ2v) is 6.48. The van der Waals surface area contributed by atoms with E-state index in [-0.39, 0.29) is 5.11 Å². The summed E-state index contributed by atoms with van der Waals surface area (Å²) >= 11 is 11.0. The highest BCUT2D eigenvalue weighted by molar-refractivity contribution is 7.80. The quantitative estimate of drug-likeness (QED) is 0.569. The minimum Gasteiger partial charge on any atom is -0.331 e. The van der Waals surface area contributed by atoms with Crippen LogP contribution in [0.4, 0.5) is 10.5 Å². The normalized spacial score (nSPS) is 19.5. The van der Waals surface area contributed by atoms with Gasteiger partial charge in [-0.15, -0.1) is 0 Å². The number of urea groups is 1. The minimum atomic E-state index is -1.15. The van der Waals surface area contributed by atoms with E-state index in [1.54, 1.807) is 43.3 Å². The highest BCUT2D eigenvalue weighted by Crippen LogP contribution is 2.27. The van der Waals surface area contributed by atoms with E-state index in [1.165, 1.54) is 0 Å². The zero-order valence-electron chi connectivity index (χ0n) is 13.2. The van der Waals surface area contributed by atoms with Crippen LogP contribution in [0.2, 0.25) is 5.02 Å². The summed E-state index contributed by atoms with van der Waals surface area (Å²) in [4.78, 5) is 25.0. The summed E-state index contributed by atoms with van der Waals surface area (Å²) in [6.07, 6.45) is 0. The molecule has 1 saturated heterocycles. The van der Waals surface area contributed by atoms with Crippen molar-refractivity contribution < 1.29 is 9.59 Å². The number of hydrogen-bond donors (Lipinski definition) is 3. The first kappa shape index (κ1) is 17.2. The molecule has 0 spiro atoms. The number of carbonyl (C=O) groups is 2. The van der Waals surface area contributed by atoms with E-state index < -0.39 is 17.5 Å². The van der Waals surface area contributed by atoms with E-state index >= 15 is 0 Å². The lowest BCUT2D eigenvalue weighted by Crippen LogP contribution is -2.49. The second-order valence-electron chi connectivity index (χ2n) is 5.63. The van der Waals surface area contributed by atoms with Crippen molar-refractivity contribution in [2.24, 2.45) is 0 Å². The van der Waals surface area contributed by atoms with Gasteiger partial charge in [0.05, 0.1) is 0 Å². The molecule has 6 nitrogen and oxygen atoms in total. The Morgan fingerprint density at radius 3 is 2.40 bits per heavy atom. The Labute approximate surface area is 155 Å². The van der Waals surface area contributed by atoms with Crippen molar-refractivity contribution in [2.45, 2.75) is 12.5 Å². The molecule has 1 aliphatic rings. The fourth-order valence-electron chi connectivity index (χ4n) is 2.50. The van der Waals surface area contributed by atoms with E-state index in [9.17, 15) is 9.59 Å². The molecule has 0 aliphatic carbocycles. The van der Waals surface area contributed by atoms with Crippen molar-refractivity contribution in [3.63, 3.8) is 0 Å². The topological polar surface area (TPSA) is 73.5 Å². The van der Waals surface area contributed by atoms with Crippen LogP contribution < -0.4 is 16.1 Å².